The minimum atomic E-state index is -0.816. The van der Waals surface area contributed by atoms with Gasteiger partial charge in [0.15, 0.2) is 0 Å². The van der Waals surface area contributed by atoms with Gasteiger partial charge < -0.3 is 20.3 Å². The summed E-state index contributed by atoms with van der Waals surface area (Å²) in [5.74, 6) is -0.0646. The summed E-state index contributed by atoms with van der Waals surface area (Å²) in [6.45, 7) is 8.58. The maximum atomic E-state index is 13.0. The van der Waals surface area contributed by atoms with E-state index in [1.807, 2.05) is 38.1 Å². The summed E-state index contributed by atoms with van der Waals surface area (Å²) in [6, 6.07) is 6.12. The van der Waals surface area contributed by atoms with Crippen molar-refractivity contribution in [3.8, 4) is 0 Å². The molecule has 7 nitrogen and oxygen atoms in total. The zero-order chi connectivity index (χ0) is 24.1. The Morgan fingerprint density at radius 2 is 1.59 bits per heavy atom. The van der Waals surface area contributed by atoms with E-state index in [1.54, 1.807) is 6.92 Å². The standard InChI is InChI=1S/C23H35Cl2N3O4/c1-5-32-23(31)21(14-16(2)3)27-22(30)20(26-17(4)29)15-18-6-8-19(9-7-18)28(12-10-24)13-11-25/h6-9,16,20-21H,5,10-15H2,1-4H3,(H,26,29)(H,27,30)/t20?,21-/m0/s1. The number of carbonyl (C=O) groups excluding carboxylic acids is 3. The van der Waals surface area contributed by atoms with Crippen molar-refractivity contribution >= 4 is 46.7 Å². The lowest BCUT2D eigenvalue weighted by Crippen LogP contribution is -2.52. The van der Waals surface area contributed by atoms with E-state index in [0.717, 1.165) is 11.3 Å². The minimum absolute atomic E-state index is 0.181. The monoisotopic (exact) mass is 487 g/mol. The number of hydrogen-bond donors (Lipinski definition) is 2. The smallest absolute Gasteiger partial charge is 0.328 e. The summed E-state index contributed by atoms with van der Waals surface area (Å²) in [5.41, 5.74) is 1.85. The fourth-order valence-corrected chi connectivity index (χ4v) is 3.72. The number of amides is 2. The second-order valence-electron chi connectivity index (χ2n) is 7.93. The zero-order valence-electron chi connectivity index (χ0n) is 19.3. The highest BCUT2D eigenvalue weighted by atomic mass is 35.5. The van der Waals surface area contributed by atoms with Crippen molar-refractivity contribution in [2.45, 2.75) is 52.6 Å². The Balaban J connectivity index is 2.96. The van der Waals surface area contributed by atoms with Crippen molar-refractivity contribution in [1.82, 2.24) is 10.6 Å². The number of nitrogens with one attached hydrogen (secondary N) is 2. The number of rotatable bonds is 14. The molecule has 0 aliphatic rings. The molecular formula is C23H35Cl2N3O4. The number of halogens is 2. The molecule has 2 N–H and O–H groups in total. The van der Waals surface area contributed by atoms with E-state index in [2.05, 4.69) is 15.5 Å². The summed E-state index contributed by atoms with van der Waals surface area (Å²) in [7, 11) is 0. The van der Waals surface area contributed by atoms with Gasteiger partial charge in [0.1, 0.15) is 12.1 Å². The van der Waals surface area contributed by atoms with Gasteiger partial charge in [-0.1, -0.05) is 26.0 Å². The van der Waals surface area contributed by atoms with Crippen LogP contribution in [0.15, 0.2) is 24.3 Å². The largest absolute Gasteiger partial charge is 0.464 e. The van der Waals surface area contributed by atoms with Gasteiger partial charge in [-0.15, -0.1) is 23.2 Å². The molecule has 1 unspecified atom stereocenters. The van der Waals surface area contributed by atoms with Gasteiger partial charge in [-0.2, -0.15) is 0 Å². The average molecular weight is 488 g/mol. The van der Waals surface area contributed by atoms with Gasteiger partial charge in [-0.3, -0.25) is 9.59 Å². The van der Waals surface area contributed by atoms with Gasteiger partial charge >= 0.3 is 5.97 Å². The van der Waals surface area contributed by atoms with Crippen LogP contribution in [0.3, 0.4) is 0 Å². The molecule has 32 heavy (non-hydrogen) atoms. The molecule has 0 heterocycles. The SMILES string of the molecule is CCOC(=O)[C@H](CC(C)C)NC(=O)C(Cc1ccc(N(CCCl)CCCl)cc1)NC(C)=O. The van der Waals surface area contributed by atoms with Crippen molar-refractivity contribution in [2.24, 2.45) is 5.92 Å². The van der Waals surface area contributed by atoms with Crippen molar-refractivity contribution in [2.75, 3.05) is 36.4 Å². The quantitative estimate of drug-likeness (QED) is 0.311. The first-order valence-corrected chi connectivity index (χ1v) is 12.0. The summed E-state index contributed by atoms with van der Waals surface area (Å²) < 4.78 is 5.10. The second-order valence-corrected chi connectivity index (χ2v) is 8.69. The molecule has 9 heteroatoms. The lowest BCUT2D eigenvalue weighted by atomic mass is 10.0. The average Bonchev–Trinajstić information content (AvgIpc) is 2.72. The predicted octanol–water partition coefficient (Wildman–Crippen LogP) is 3.11. The first kappa shape index (κ1) is 28.0. The van der Waals surface area contributed by atoms with E-state index in [0.29, 0.717) is 31.3 Å². The first-order valence-electron chi connectivity index (χ1n) is 10.9. The normalized spacial score (nSPS) is 12.7. The maximum Gasteiger partial charge on any atom is 0.328 e. The fourth-order valence-electron chi connectivity index (χ4n) is 3.31. The second kappa shape index (κ2) is 15.0. The molecule has 0 saturated carbocycles. The summed E-state index contributed by atoms with van der Waals surface area (Å²) in [6.07, 6.45) is 0.733. The van der Waals surface area contributed by atoms with E-state index >= 15 is 0 Å². The fraction of sp³-hybridized carbons (Fsp3) is 0.609. The number of ether oxygens (including phenoxy) is 1. The van der Waals surface area contributed by atoms with Crippen LogP contribution in [0.5, 0.6) is 0 Å². The van der Waals surface area contributed by atoms with E-state index in [1.165, 1.54) is 6.92 Å². The number of anilines is 1. The molecule has 1 aromatic carbocycles. The third-order valence-electron chi connectivity index (χ3n) is 4.74. The third-order valence-corrected chi connectivity index (χ3v) is 5.08. The maximum absolute atomic E-state index is 13.0. The van der Waals surface area contributed by atoms with Gasteiger partial charge in [0.2, 0.25) is 11.8 Å². The number of alkyl halides is 2. The molecule has 0 radical (unpaired) electrons. The molecule has 180 valence electrons. The van der Waals surface area contributed by atoms with Crippen molar-refractivity contribution in [1.29, 1.82) is 0 Å². The van der Waals surface area contributed by atoms with E-state index in [-0.39, 0.29) is 24.9 Å². The lowest BCUT2D eigenvalue weighted by molar-refractivity contribution is -0.148. The Bertz CT molecular complexity index is 722. The van der Waals surface area contributed by atoms with Crippen LogP contribution in [0, 0.1) is 5.92 Å². The number of nitrogens with zero attached hydrogens (tertiary/aromatic N) is 1. The topological polar surface area (TPSA) is 87.7 Å². The minimum Gasteiger partial charge on any atom is -0.464 e. The van der Waals surface area contributed by atoms with Crippen LogP contribution >= 0.6 is 23.2 Å². The molecule has 0 aliphatic heterocycles. The lowest BCUT2D eigenvalue weighted by Gasteiger charge is -2.24. The van der Waals surface area contributed by atoms with Crippen LogP contribution < -0.4 is 15.5 Å². The Morgan fingerprint density at radius 1 is 1.00 bits per heavy atom. The van der Waals surface area contributed by atoms with Crippen LogP contribution in [-0.4, -0.2) is 61.3 Å². The first-order chi connectivity index (χ1) is 15.2. The highest BCUT2D eigenvalue weighted by Gasteiger charge is 2.28. The Labute approximate surface area is 201 Å². The molecule has 2 atom stereocenters. The third kappa shape index (κ3) is 10.1. The number of carbonyl (C=O) groups is 3. The number of benzene rings is 1. The van der Waals surface area contributed by atoms with Gasteiger partial charge in [0, 0.05) is 43.9 Å². The molecule has 1 aromatic rings. The predicted molar refractivity (Wildman–Crippen MR) is 129 cm³/mol. The zero-order valence-corrected chi connectivity index (χ0v) is 20.8. The Kier molecular flexibility index (Phi) is 13.1. The molecule has 0 fully saturated rings. The van der Waals surface area contributed by atoms with Crippen molar-refractivity contribution in [3.05, 3.63) is 29.8 Å². The summed E-state index contributed by atoms with van der Waals surface area (Å²) >= 11 is 11.8. The van der Waals surface area contributed by atoms with Crippen LogP contribution in [0.2, 0.25) is 0 Å². The Morgan fingerprint density at radius 3 is 2.06 bits per heavy atom. The summed E-state index contributed by atoms with van der Waals surface area (Å²) in [4.78, 5) is 39.0. The van der Waals surface area contributed by atoms with Gasteiger partial charge in [-0.25, -0.2) is 4.79 Å². The number of esters is 1. The van der Waals surface area contributed by atoms with Crippen LogP contribution in [0.4, 0.5) is 5.69 Å². The molecule has 1 rings (SSSR count). The van der Waals surface area contributed by atoms with E-state index in [4.69, 9.17) is 27.9 Å². The van der Waals surface area contributed by atoms with Crippen molar-refractivity contribution < 1.29 is 19.1 Å². The molecule has 0 aromatic heterocycles. The molecule has 2 amide bonds. The molecular weight excluding hydrogens is 453 g/mol. The van der Waals surface area contributed by atoms with Gasteiger partial charge in [-0.05, 0) is 37.0 Å². The van der Waals surface area contributed by atoms with E-state index < -0.39 is 24.0 Å². The molecule has 0 bridgehead atoms. The van der Waals surface area contributed by atoms with Crippen LogP contribution in [0.25, 0.3) is 0 Å². The van der Waals surface area contributed by atoms with Crippen LogP contribution in [0.1, 0.15) is 39.7 Å². The van der Waals surface area contributed by atoms with Crippen LogP contribution in [-0.2, 0) is 25.5 Å². The molecule has 0 aliphatic carbocycles. The van der Waals surface area contributed by atoms with Crippen molar-refractivity contribution in [3.63, 3.8) is 0 Å². The highest BCUT2D eigenvalue weighted by molar-refractivity contribution is 6.18. The number of hydrogen-bond acceptors (Lipinski definition) is 5. The highest BCUT2D eigenvalue weighted by Crippen LogP contribution is 2.17. The van der Waals surface area contributed by atoms with E-state index in [9.17, 15) is 14.4 Å². The molecule has 0 spiro atoms. The van der Waals surface area contributed by atoms with Gasteiger partial charge in [0.25, 0.3) is 0 Å². The van der Waals surface area contributed by atoms with Gasteiger partial charge in [0.05, 0.1) is 6.61 Å². The molecule has 0 saturated heterocycles. The Hall–Kier alpha value is -1.99. The summed E-state index contributed by atoms with van der Waals surface area (Å²) in [5, 5.41) is 5.44.